The zero-order chi connectivity index (χ0) is 10.4. The first-order chi connectivity index (χ1) is 6.70. The second-order valence-electron chi connectivity index (χ2n) is 3.21. The van der Waals surface area contributed by atoms with E-state index in [2.05, 4.69) is 5.10 Å². The van der Waals surface area contributed by atoms with Gasteiger partial charge < -0.3 is 10.4 Å². The number of carboxylic acid groups (broad SMARTS) is 1. The summed E-state index contributed by atoms with van der Waals surface area (Å²) in [6.45, 7) is 4.34. The van der Waals surface area contributed by atoms with Gasteiger partial charge in [0.2, 0.25) is 0 Å². The Hall–Kier alpha value is -1.36. The van der Waals surface area contributed by atoms with Crippen LogP contribution < -0.4 is 5.32 Å². The molecule has 0 atom stereocenters. The minimum absolute atomic E-state index is 0.220. The van der Waals surface area contributed by atoms with E-state index in [0.717, 1.165) is 18.8 Å². The summed E-state index contributed by atoms with van der Waals surface area (Å²) in [7, 11) is 0. The molecule has 1 aromatic heterocycles. The molecular weight excluding hydrogens is 182 g/mol. The molecule has 14 heavy (non-hydrogen) atoms. The van der Waals surface area contributed by atoms with E-state index in [1.807, 2.05) is 23.0 Å². The van der Waals surface area contributed by atoms with Crippen molar-refractivity contribution in [2.24, 2.45) is 0 Å². The van der Waals surface area contributed by atoms with Gasteiger partial charge in [0.05, 0.1) is 26.1 Å². The number of hydrogen-bond acceptors (Lipinski definition) is 2. The van der Waals surface area contributed by atoms with Crippen molar-refractivity contribution in [1.82, 2.24) is 9.78 Å². The van der Waals surface area contributed by atoms with Crippen molar-refractivity contribution in [2.45, 2.75) is 19.9 Å². The van der Waals surface area contributed by atoms with Crippen LogP contribution in [-0.2, 0) is 11.3 Å². The van der Waals surface area contributed by atoms with E-state index in [-0.39, 0.29) is 6.42 Å². The van der Waals surface area contributed by atoms with Crippen molar-refractivity contribution in [3.05, 3.63) is 18.0 Å². The Morgan fingerprint density at radius 1 is 1.64 bits per heavy atom. The zero-order valence-electron chi connectivity index (χ0n) is 8.31. The zero-order valence-corrected chi connectivity index (χ0v) is 8.31. The largest absolute Gasteiger partial charge is 0.481 e. The third-order valence-electron chi connectivity index (χ3n) is 2.04. The van der Waals surface area contributed by atoms with Crippen molar-refractivity contribution in [1.29, 1.82) is 0 Å². The Bertz CT molecular complexity index is 296. The van der Waals surface area contributed by atoms with Gasteiger partial charge >= 0.3 is 5.97 Å². The minimum Gasteiger partial charge on any atom is -0.481 e. The van der Waals surface area contributed by atoms with Crippen LogP contribution in [0.4, 0.5) is 0 Å². The summed E-state index contributed by atoms with van der Waals surface area (Å²) in [6.07, 6.45) is 1.99. The third kappa shape index (κ3) is 3.57. The first kappa shape index (κ1) is 10.7. The van der Waals surface area contributed by atoms with Gasteiger partial charge in [-0.3, -0.25) is 9.48 Å². The number of nitrogens with two attached hydrogens (primary N) is 1. The number of quaternary nitrogens is 1. The van der Waals surface area contributed by atoms with E-state index in [1.54, 1.807) is 6.20 Å². The van der Waals surface area contributed by atoms with E-state index in [0.29, 0.717) is 6.54 Å². The van der Waals surface area contributed by atoms with E-state index in [4.69, 9.17) is 5.11 Å². The average Bonchev–Trinajstić information content (AvgIpc) is 2.51. The number of aromatic nitrogens is 2. The van der Waals surface area contributed by atoms with Gasteiger partial charge in [-0.25, -0.2) is 0 Å². The lowest BCUT2D eigenvalue weighted by molar-refractivity contribution is -0.654. The van der Waals surface area contributed by atoms with Crippen LogP contribution in [0, 0.1) is 6.92 Å². The van der Waals surface area contributed by atoms with Crippen LogP contribution in [0.1, 0.15) is 12.1 Å². The third-order valence-corrected chi connectivity index (χ3v) is 2.04. The van der Waals surface area contributed by atoms with Gasteiger partial charge in [0.25, 0.3) is 0 Å². The molecule has 0 spiro atoms. The molecule has 0 saturated heterocycles. The molecule has 0 radical (unpaired) electrons. The maximum Gasteiger partial charge on any atom is 0.309 e. The second-order valence-corrected chi connectivity index (χ2v) is 3.21. The summed E-state index contributed by atoms with van der Waals surface area (Å²) in [5, 5.41) is 14.5. The summed E-state index contributed by atoms with van der Waals surface area (Å²) in [5.74, 6) is -0.739. The summed E-state index contributed by atoms with van der Waals surface area (Å²) in [4.78, 5) is 10.2. The van der Waals surface area contributed by atoms with Gasteiger partial charge in [-0.2, -0.15) is 5.10 Å². The number of aryl methyl sites for hydroxylation is 1. The number of nitrogens with zero attached hydrogens (tertiary/aromatic N) is 2. The summed E-state index contributed by atoms with van der Waals surface area (Å²) < 4.78 is 1.91. The fourth-order valence-corrected chi connectivity index (χ4v) is 1.22. The molecule has 1 rings (SSSR count). The first-order valence-corrected chi connectivity index (χ1v) is 4.72. The Labute approximate surface area is 82.7 Å². The quantitative estimate of drug-likeness (QED) is 0.590. The molecule has 0 saturated carbocycles. The number of rotatable bonds is 6. The fraction of sp³-hybridized carbons (Fsp3) is 0.556. The topological polar surface area (TPSA) is 71.7 Å². The Balaban J connectivity index is 2.10. The predicted octanol–water partition coefficient (Wildman–Crippen LogP) is -0.770. The Kier molecular flexibility index (Phi) is 4.12. The predicted molar refractivity (Wildman–Crippen MR) is 50.9 cm³/mol. The maximum absolute atomic E-state index is 10.2. The highest BCUT2D eigenvalue weighted by atomic mass is 16.4. The molecule has 0 bridgehead atoms. The molecule has 3 N–H and O–H groups in total. The molecule has 1 heterocycles. The highest BCUT2D eigenvalue weighted by Gasteiger charge is 2.00. The van der Waals surface area contributed by atoms with Crippen LogP contribution in [-0.4, -0.2) is 33.9 Å². The molecule has 0 amide bonds. The summed E-state index contributed by atoms with van der Waals surface area (Å²) in [5.41, 5.74) is 1.14. The van der Waals surface area contributed by atoms with Gasteiger partial charge in [0, 0.05) is 11.9 Å². The van der Waals surface area contributed by atoms with E-state index in [9.17, 15) is 4.79 Å². The summed E-state index contributed by atoms with van der Waals surface area (Å²) >= 11 is 0. The van der Waals surface area contributed by atoms with Gasteiger partial charge in [0.15, 0.2) is 0 Å². The molecule has 0 aliphatic heterocycles. The normalized spacial score (nSPS) is 10.4. The molecule has 0 fully saturated rings. The standard InChI is InChI=1S/C9H15N3O2/c1-8-2-5-11-12(8)7-6-10-4-3-9(13)14/h2,5,10H,3-4,6-7H2,1H3,(H,13,14)/p+1. The number of hydrogen-bond donors (Lipinski definition) is 2. The molecule has 0 aromatic carbocycles. The van der Waals surface area contributed by atoms with Gasteiger partial charge in [-0.15, -0.1) is 0 Å². The number of carboxylic acids is 1. The summed E-state index contributed by atoms with van der Waals surface area (Å²) in [6, 6.07) is 1.96. The second kappa shape index (κ2) is 5.39. The van der Waals surface area contributed by atoms with Crippen molar-refractivity contribution in [3.63, 3.8) is 0 Å². The van der Waals surface area contributed by atoms with Gasteiger partial charge in [-0.1, -0.05) is 0 Å². The van der Waals surface area contributed by atoms with Crippen LogP contribution in [0.2, 0.25) is 0 Å². The van der Waals surface area contributed by atoms with Crippen LogP contribution in [0.25, 0.3) is 0 Å². The molecule has 78 valence electrons. The fourth-order valence-electron chi connectivity index (χ4n) is 1.22. The molecule has 0 aliphatic carbocycles. The lowest BCUT2D eigenvalue weighted by Crippen LogP contribution is -2.85. The molecule has 0 aliphatic rings. The molecular formula is C9H16N3O2+. The van der Waals surface area contributed by atoms with Crippen molar-refractivity contribution in [2.75, 3.05) is 13.1 Å². The number of carbonyl (C=O) groups is 1. The Morgan fingerprint density at radius 3 is 3.00 bits per heavy atom. The smallest absolute Gasteiger partial charge is 0.309 e. The molecule has 0 unspecified atom stereocenters. The van der Waals surface area contributed by atoms with Crippen LogP contribution >= 0.6 is 0 Å². The lowest BCUT2D eigenvalue weighted by atomic mass is 10.4. The first-order valence-electron chi connectivity index (χ1n) is 4.72. The number of aliphatic carboxylic acids is 1. The SMILES string of the molecule is Cc1ccnn1CC[NH2+]CCC(=O)O. The van der Waals surface area contributed by atoms with Gasteiger partial charge in [0.1, 0.15) is 0 Å². The molecule has 5 nitrogen and oxygen atoms in total. The van der Waals surface area contributed by atoms with Crippen LogP contribution in [0.3, 0.4) is 0 Å². The molecule has 5 heteroatoms. The Morgan fingerprint density at radius 2 is 2.43 bits per heavy atom. The van der Waals surface area contributed by atoms with E-state index < -0.39 is 5.97 Å². The maximum atomic E-state index is 10.2. The van der Waals surface area contributed by atoms with Crippen LogP contribution in [0.5, 0.6) is 0 Å². The van der Waals surface area contributed by atoms with Crippen molar-refractivity contribution < 1.29 is 15.2 Å². The van der Waals surface area contributed by atoms with Crippen molar-refractivity contribution >= 4 is 5.97 Å². The van der Waals surface area contributed by atoms with Gasteiger partial charge in [-0.05, 0) is 13.0 Å². The minimum atomic E-state index is -0.739. The molecule has 1 aromatic rings. The van der Waals surface area contributed by atoms with E-state index in [1.165, 1.54) is 0 Å². The highest BCUT2D eigenvalue weighted by Crippen LogP contribution is 1.93. The average molecular weight is 198 g/mol. The monoisotopic (exact) mass is 198 g/mol. The van der Waals surface area contributed by atoms with E-state index >= 15 is 0 Å². The van der Waals surface area contributed by atoms with Crippen molar-refractivity contribution in [3.8, 4) is 0 Å². The lowest BCUT2D eigenvalue weighted by Gasteiger charge is -2.02. The highest BCUT2D eigenvalue weighted by molar-refractivity contribution is 5.66. The van der Waals surface area contributed by atoms with Crippen LogP contribution in [0.15, 0.2) is 12.3 Å².